The predicted octanol–water partition coefficient (Wildman–Crippen LogP) is -2.05. The van der Waals surface area contributed by atoms with Crippen LogP contribution in [0.3, 0.4) is 0 Å². The monoisotopic (exact) mass is 161 g/mol. The molecule has 0 amide bonds. The van der Waals surface area contributed by atoms with E-state index in [1.54, 1.807) is 6.92 Å². The second-order valence-corrected chi connectivity index (χ2v) is 1.34. The van der Waals surface area contributed by atoms with Crippen LogP contribution in [0.2, 0.25) is 0 Å². The van der Waals surface area contributed by atoms with E-state index in [1.807, 2.05) is 0 Å². The van der Waals surface area contributed by atoms with Crippen molar-refractivity contribution in [2.75, 3.05) is 19.8 Å². The molecule has 0 aliphatic heterocycles. The predicted molar refractivity (Wildman–Crippen MR) is 38.7 cm³/mol. The van der Waals surface area contributed by atoms with E-state index < -0.39 is 6.10 Å². The molecule has 0 aromatic heterocycles. The van der Waals surface area contributed by atoms with Gasteiger partial charge in [-0.3, -0.25) is 0 Å². The van der Waals surface area contributed by atoms with Crippen molar-refractivity contribution in [3.05, 3.63) is 0 Å². The van der Waals surface area contributed by atoms with Crippen LogP contribution in [-0.2, 0) is 0 Å². The van der Waals surface area contributed by atoms with Gasteiger partial charge in [0.15, 0.2) is 0 Å². The fraction of sp³-hybridized carbons (Fsp3) is 1.00. The molecule has 5 heteroatoms. The van der Waals surface area contributed by atoms with Crippen LogP contribution in [0.15, 0.2) is 0 Å². The molecule has 0 aliphatic rings. The minimum absolute atomic E-state index is 0. The molecule has 4 nitrogen and oxygen atoms in total. The maximum Gasteiger partial charge on any atom is 0.100 e. The van der Waals surface area contributed by atoms with Gasteiger partial charge < -0.3 is 20.4 Å². The Labute approximate surface area is 82.8 Å². The van der Waals surface area contributed by atoms with Crippen molar-refractivity contribution in [1.82, 2.24) is 0 Å². The minimum Gasteiger partial charge on any atom is -0.397 e. The van der Waals surface area contributed by atoms with E-state index in [-0.39, 0.29) is 49.4 Å². The second kappa shape index (κ2) is 16.4. The summed E-state index contributed by atoms with van der Waals surface area (Å²) >= 11 is 0. The SMILES string of the molecule is CCO.OCC(O)CO.[Na]. The van der Waals surface area contributed by atoms with Crippen LogP contribution >= 0.6 is 0 Å². The Kier molecular flexibility index (Phi) is 28.1. The van der Waals surface area contributed by atoms with E-state index in [9.17, 15) is 0 Å². The van der Waals surface area contributed by atoms with Crippen molar-refractivity contribution in [2.45, 2.75) is 13.0 Å². The maximum atomic E-state index is 8.17. The molecule has 0 spiro atoms. The summed E-state index contributed by atoms with van der Waals surface area (Å²) in [5.41, 5.74) is 0. The fourth-order valence-corrected chi connectivity index (χ4v) is 0.0577. The Morgan fingerprint density at radius 3 is 1.30 bits per heavy atom. The smallest absolute Gasteiger partial charge is 0.100 e. The number of aliphatic hydroxyl groups excluding tert-OH is 4. The van der Waals surface area contributed by atoms with Crippen molar-refractivity contribution in [2.24, 2.45) is 0 Å². The molecule has 0 saturated carbocycles. The molecule has 1 radical (unpaired) electrons. The van der Waals surface area contributed by atoms with Gasteiger partial charge in [-0.1, -0.05) is 0 Å². The van der Waals surface area contributed by atoms with Crippen molar-refractivity contribution in [3.8, 4) is 0 Å². The zero-order valence-electron chi connectivity index (χ0n) is 6.49. The molecular weight excluding hydrogens is 147 g/mol. The summed E-state index contributed by atoms with van der Waals surface area (Å²) in [7, 11) is 0. The van der Waals surface area contributed by atoms with Crippen LogP contribution in [0.25, 0.3) is 0 Å². The summed E-state index contributed by atoms with van der Waals surface area (Å²) in [6, 6.07) is 0. The number of aliphatic hydroxyl groups is 4. The first kappa shape index (κ1) is 17.1. The Morgan fingerprint density at radius 1 is 1.10 bits per heavy atom. The van der Waals surface area contributed by atoms with E-state index in [0.29, 0.717) is 0 Å². The van der Waals surface area contributed by atoms with Crippen molar-refractivity contribution in [1.29, 1.82) is 0 Å². The minimum atomic E-state index is -0.954. The molecule has 0 heterocycles. The Hall–Kier alpha value is 0.840. The zero-order chi connectivity index (χ0) is 7.70. The first-order valence-electron chi connectivity index (χ1n) is 2.73. The summed E-state index contributed by atoms with van der Waals surface area (Å²) in [6.45, 7) is 1.20. The number of rotatable bonds is 2. The third-order valence-corrected chi connectivity index (χ3v) is 0.421. The molecule has 10 heavy (non-hydrogen) atoms. The van der Waals surface area contributed by atoms with Crippen molar-refractivity contribution >= 4 is 29.6 Å². The van der Waals surface area contributed by atoms with Gasteiger partial charge in [-0.05, 0) is 6.92 Å². The van der Waals surface area contributed by atoms with Crippen LogP contribution in [0.1, 0.15) is 6.92 Å². The van der Waals surface area contributed by atoms with Gasteiger partial charge >= 0.3 is 0 Å². The molecule has 0 atom stereocenters. The third kappa shape index (κ3) is 23.2. The molecule has 0 fully saturated rings. The van der Waals surface area contributed by atoms with Gasteiger partial charge in [0, 0.05) is 36.2 Å². The first-order chi connectivity index (χ1) is 4.22. The van der Waals surface area contributed by atoms with Gasteiger partial charge in [-0.25, -0.2) is 0 Å². The molecule has 0 unspecified atom stereocenters. The molecule has 0 aliphatic carbocycles. The van der Waals surface area contributed by atoms with Gasteiger partial charge in [0.1, 0.15) is 6.10 Å². The van der Waals surface area contributed by atoms with E-state index in [1.165, 1.54) is 0 Å². The summed E-state index contributed by atoms with van der Waals surface area (Å²) in [4.78, 5) is 0. The standard InChI is InChI=1S/C3H8O3.C2H6O.Na/c4-1-3(6)2-5;1-2-3;/h3-6H,1-2H2;3H,2H2,1H3;. The first-order valence-corrected chi connectivity index (χ1v) is 2.73. The summed E-state index contributed by atoms with van der Waals surface area (Å²) in [5.74, 6) is 0. The van der Waals surface area contributed by atoms with E-state index >= 15 is 0 Å². The normalized spacial score (nSPS) is 7.80. The van der Waals surface area contributed by atoms with Gasteiger partial charge in [0.05, 0.1) is 13.2 Å². The van der Waals surface area contributed by atoms with Crippen LogP contribution in [0.4, 0.5) is 0 Å². The van der Waals surface area contributed by atoms with Gasteiger partial charge in [0.25, 0.3) is 0 Å². The van der Waals surface area contributed by atoms with Gasteiger partial charge in [0.2, 0.25) is 0 Å². The van der Waals surface area contributed by atoms with Gasteiger partial charge in [-0.15, -0.1) is 0 Å². The third-order valence-electron chi connectivity index (χ3n) is 0.421. The quantitative estimate of drug-likeness (QED) is 0.351. The summed E-state index contributed by atoms with van der Waals surface area (Å²) in [5, 5.41) is 31.6. The summed E-state index contributed by atoms with van der Waals surface area (Å²) < 4.78 is 0. The average molecular weight is 161 g/mol. The van der Waals surface area contributed by atoms with E-state index in [4.69, 9.17) is 20.4 Å². The van der Waals surface area contributed by atoms with Crippen molar-refractivity contribution < 1.29 is 20.4 Å². The molecule has 4 N–H and O–H groups in total. The maximum absolute atomic E-state index is 8.17. The number of hydrogen-bond donors (Lipinski definition) is 4. The molecule has 0 aromatic rings. The average Bonchev–Trinajstić information content (AvgIpc) is 1.88. The number of hydrogen-bond acceptors (Lipinski definition) is 4. The largest absolute Gasteiger partial charge is 0.397 e. The van der Waals surface area contributed by atoms with Crippen LogP contribution in [0.5, 0.6) is 0 Å². The van der Waals surface area contributed by atoms with Crippen LogP contribution in [-0.4, -0.2) is 75.9 Å². The molecule has 59 valence electrons. The second-order valence-electron chi connectivity index (χ2n) is 1.34. The van der Waals surface area contributed by atoms with Crippen LogP contribution < -0.4 is 0 Å². The van der Waals surface area contributed by atoms with E-state index in [0.717, 1.165) is 0 Å². The van der Waals surface area contributed by atoms with Crippen molar-refractivity contribution in [3.63, 3.8) is 0 Å². The molecule has 0 rings (SSSR count). The van der Waals surface area contributed by atoms with Crippen LogP contribution in [0, 0.1) is 0 Å². The Bertz CT molecular complexity index is 40.6. The van der Waals surface area contributed by atoms with E-state index in [2.05, 4.69) is 0 Å². The summed E-state index contributed by atoms with van der Waals surface area (Å²) in [6.07, 6.45) is -0.954. The van der Waals surface area contributed by atoms with Gasteiger partial charge in [-0.2, -0.15) is 0 Å². The Morgan fingerprint density at radius 2 is 1.30 bits per heavy atom. The Balaban J connectivity index is -0.000000107. The zero-order valence-corrected chi connectivity index (χ0v) is 8.49. The fourth-order valence-electron chi connectivity index (χ4n) is 0.0577. The molecule has 0 saturated heterocycles. The molecular formula is C5H14NaO4. The topological polar surface area (TPSA) is 80.9 Å². The molecule has 0 aromatic carbocycles. The molecule has 0 bridgehead atoms.